The van der Waals surface area contributed by atoms with E-state index < -0.39 is 0 Å². The van der Waals surface area contributed by atoms with E-state index in [4.69, 9.17) is 0 Å². The fourth-order valence-electron chi connectivity index (χ4n) is 2.66. The van der Waals surface area contributed by atoms with E-state index in [1.54, 1.807) is 0 Å². The van der Waals surface area contributed by atoms with Gasteiger partial charge in [0, 0.05) is 18.3 Å². The highest BCUT2D eigenvalue weighted by molar-refractivity contribution is 5.58. The number of likely N-dealkylation sites (N-methyl/N-ethyl adjacent to an activating group) is 1. The number of anilines is 1. The van der Waals surface area contributed by atoms with Gasteiger partial charge in [0.1, 0.15) is 0 Å². The van der Waals surface area contributed by atoms with Crippen LogP contribution in [0.25, 0.3) is 0 Å². The molecule has 0 radical (unpaired) electrons. The van der Waals surface area contributed by atoms with Crippen molar-refractivity contribution >= 4 is 5.69 Å². The maximum absolute atomic E-state index is 3.69. The van der Waals surface area contributed by atoms with Gasteiger partial charge in [-0.2, -0.15) is 0 Å². The van der Waals surface area contributed by atoms with Gasteiger partial charge in [-0.1, -0.05) is 17.7 Å². The molecule has 88 valence electrons. The van der Waals surface area contributed by atoms with Gasteiger partial charge < -0.3 is 10.2 Å². The maximum atomic E-state index is 3.69. The number of nitrogens with one attached hydrogen (secondary N) is 1. The molecular weight excluding hydrogens is 196 g/mol. The van der Waals surface area contributed by atoms with Gasteiger partial charge >= 0.3 is 0 Å². The van der Waals surface area contributed by atoms with Crippen molar-refractivity contribution < 1.29 is 0 Å². The van der Waals surface area contributed by atoms with Gasteiger partial charge in [-0.25, -0.2) is 0 Å². The molecule has 1 unspecified atom stereocenters. The molecular formula is C14H22N2. The van der Waals surface area contributed by atoms with E-state index in [2.05, 4.69) is 50.2 Å². The summed E-state index contributed by atoms with van der Waals surface area (Å²) in [6, 6.07) is 5.13. The minimum Gasteiger partial charge on any atom is -0.381 e. The topological polar surface area (TPSA) is 15.3 Å². The summed E-state index contributed by atoms with van der Waals surface area (Å²) in [6.07, 6.45) is 1.25. The molecule has 1 aromatic carbocycles. The van der Waals surface area contributed by atoms with Crippen LogP contribution in [0.2, 0.25) is 0 Å². The predicted octanol–water partition coefficient (Wildman–Crippen LogP) is 2.73. The number of rotatable bonds is 2. The first-order valence-electron chi connectivity index (χ1n) is 6.09. The number of aryl methyl sites for hydroxylation is 3. The van der Waals surface area contributed by atoms with Crippen molar-refractivity contribution in [2.45, 2.75) is 33.2 Å². The molecule has 1 fully saturated rings. The second-order valence-corrected chi connectivity index (χ2v) is 5.17. The lowest BCUT2D eigenvalue weighted by Crippen LogP contribution is -2.24. The van der Waals surface area contributed by atoms with Gasteiger partial charge in [0.15, 0.2) is 0 Å². The molecule has 1 aromatic rings. The molecule has 1 aliphatic heterocycles. The normalized spacial score (nSPS) is 21.4. The van der Waals surface area contributed by atoms with Crippen LogP contribution in [0.4, 0.5) is 5.69 Å². The lowest BCUT2D eigenvalue weighted by molar-refractivity contribution is 0.414. The smallest absolute Gasteiger partial charge is 0.0402 e. The van der Waals surface area contributed by atoms with E-state index in [0.717, 1.165) is 6.54 Å². The molecule has 1 aliphatic rings. The number of hydrogen-bond acceptors (Lipinski definition) is 2. The Kier molecular flexibility index (Phi) is 3.20. The third kappa shape index (κ3) is 2.38. The van der Waals surface area contributed by atoms with Crippen LogP contribution >= 0.6 is 0 Å². The molecule has 1 heterocycles. The van der Waals surface area contributed by atoms with Gasteiger partial charge in [-0.05, 0) is 51.9 Å². The van der Waals surface area contributed by atoms with E-state index in [-0.39, 0.29) is 0 Å². The van der Waals surface area contributed by atoms with Crippen LogP contribution < -0.4 is 5.32 Å². The van der Waals surface area contributed by atoms with Crippen molar-refractivity contribution in [3.05, 3.63) is 28.8 Å². The van der Waals surface area contributed by atoms with Crippen LogP contribution in [0, 0.1) is 20.8 Å². The minimum absolute atomic E-state index is 0.616. The van der Waals surface area contributed by atoms with Crippen LogP contribution in [0.5, 0.6) is 0 Å². The van der Waals surface area contributed by atoms with Crippen LogP contribution in [-0.4, -0.2) is 31.1 Å². The average Bonchev–Trinajstić information content (AvgIpc) is 2.58. The molecule has 0 bridgehead atoms. The van der Waals surface area contributed by atoms with E-state index in [9.17, 15) is 0 Å². The maximum Gasteiger partial charge on any atom is 0.0402 e. The summed E-state index contributed by atoms with van der Waals surface area (Å²) in [7, 11) is 2.19. The summed E-state index contributed by atoms with van der Waals surface area (Å²) < 4.78 is 0. The Balaban J connectivity index is 2.15. The molecule has 2 rings (SSSR count). The van der Waals surface area contributed by atoms with Crippen molar-refractivity contribution in [2.75, 3.05) is 25.5 Å². The number of likely N-dealkylation sites (tertiary alicyclic amines) is 1. The van der Waals surface area contributed by atoms with Gasteiger partial charge in [-0.3, -0.25) is 0 Å². The zero-order valence-electron chi connectivity index (χ0n) is 10.8. The Morgan fingerprint density at radius 3 is 2.31 bits per heavy atom. The first-order valence-corrected chi connectivity index (χ1v) is 6.09. The third-order valence-corrected chi connectivity index (χ3v) is 3.42. The van der Waals surface area contributed by atoms with Gasteiger partial charge in [0.05, 0.1) is 0 Å². The summed E-state index contributed by atoms with van der Waals surface area (Å²) in [5, 5.41) is 3.69. The highest BCUT2D eigenvalue weighted by Crippen LogP contribution is 2.24. The summed E-state index contributed by atoms with van der Waals surface area (Å²) in [5.41, 5.74) is 5.43. The van der Waals surface area contributed by atoms with E-state index >= 15 is 0 Å². The summed E-state index contributed by atoms with van der Waals surface area (Å²) in [5.74, 6) is 0. The third-order valence-electron chi connectivity index (χ3n) is 3.42. The van der Waals surface area contributed by atoms with E-state index in [1.807, 2.05) is 0 Å². The number of nitrogens with zero attached hydrogens (tertiary/aromatic N) is 1. The lowest BCUT2D eigenvalue weighted by Gasteiger charge is -2.19. The van der Waals surface area contributed by atoms with Crippen molar-refractivity contribution in [1.82, 2.24) is 4.90 Å². The molecule has 2 heteroatoms. The van der Waals surface area contributed by atoms with E-state index in [1.165, 1.54) is 35.3 Å². The SMILES string of the molecule is Cc1cc(C)c(NC2CCN(C)C2)c(C)c1. The van der Waals surface area contributed by atoms with E-state index in [0.29, 0.717) is 6.04 Å². The number of hydrogen-bond donors (Lipinski definition) is 1. The van der Waals surface area contributed by atoms with Crippen molar-refractivity contribution in [2.24, 2.45) is 0 Å². The molecule has 0 aromatic heterocycles. The predicted molar refractivity (Wildman–Crippen MR) is 70.2 cm³/mol. The monoisotopic (exact) mass is 218 g/mol. The molecule has 2 nitrogen and oxygen atoms in total. The van der Waals surface area contributed by atoms with Crippen molar-refractivity contribution in [3.8, 4) is 0 Å². The Hall–Kier alpha value is -1.02. The highest BCUT2D eigenvalue weighted by Gasteiger charge is 2.20. The fraction of sp³-hybridized carbons (Fsp3) is 0.571. The van der Waals surface area contributed by atoms with Crippen LogP contribution in [0.15, 0.2) is 12.1 Å². The number of benzene rings is 1. The van der Waals surface area contributed by atoms with Crippen molar-refractivity contribution in [3.63, 3.8) is 0 Å². The fourth-order valence-corrected chi connectivity index (χ4v) is 2.66. The Morgan fingerprint density at radius 1 is 1.19 bits per heavy atom. The van der Waals surface area contributed by atoms with Crippen LogP contribution in [0.1, 0.15) is 23.1 Å². The molecule has 1 saturated heterocycles. The Morgan fingerprint density at radius 2 is 1.81 bits per heavy atom. The zero-order valence-corrected chi connectivity index (χ0v) is 10.8. The highest BCUT2D eigenvalue weighted by atomic mass is 15.2. The quantitative estimate of drug-likeness (QED) is 0.821. The molecule has 0 amide bonds. The first kappa shape index (κ1) is 11.5. The largest absolute Gasteiger partial charge is 0.381 e. The van der Waals surface area contributed by atoms with Crippen LogP contribution in [-0.2, 0) is 0 Å². The van der Waals surface area contributed by atoms with Gasteiger partial charge in [0.2, 0.25) is 0 Å². The Labute approximate surface area is 98.7 Å². The molecule has 0 saturated carbocycles. The standard InChI is InChI=1S/C14H22N2/c1-10-7-11(2)14(12(3)8-10)15-13-5-6-16(4)9-13/h7-8,13,15H,5-6,9H2,1-4H3. The first-order chi connectivity index (χ1) is 7.56. The summed E-state index contributed by atoms with van der Waals surface area (Å²) >= 11 is 0. The second-order valence-electron chi connectivity index (χ2n) is 5.17. The molecule has 16 heavy (non-hydrogen) atoms. The molecule has 1 N–H and O–H groups in total. The lowest BCUT2D eigenvalue weighted by atomic mass is 10.0. The van der Waals surface area contributed by atoms with Gasteiger partial charge in [-0.15, -0.1) is 0 Å². The van der Waals surface area contributed by atoms with Gasteiger partial charge in [0.25, 0.3) is 0 Å². The van der Waals surface area contributed by atoms with Crippen molar-refractivity contribution in [1.29, 1.82) is 0 Å². The Bertz CT molecular complexity index is 361. The minimum atomic E-state index is 0.616. The zero-order chi connectivity index (χ0) is 11.7. The summed E-state index contributed by atoms with van der Waals surface area (Å²) in [6.45, 7) is 8.92. The molecule has 0 spiro atoms. The molecule has 1 atom stereocenters. The van der Waals surface area contributed by atoms with Crippen LogP contribution in [0.3, 0.4) is 0 Å². The average molecular weight is 218 g/mol. The second kappa shape index (κ2) is 4.46. The summed E-state index contributed by atoms with van der Waals surface area (Å²) in [4.78, 5) is 2.39. The molecule has 0 aliphatic carbocycles.